The monoisotopic (exact) mass is 287 g/mol. The third-order valence-corrected chi connectivity index (χ3v) is 3.77. The number of hydrogen-bond donors (Lipinski definition) is 0. The van der Waals surface area contributed by atoms with E-state index in [1.807, 2.05) is 17.7 Å². The van der Waals surface area contributed by atoms with E-state index in [0.717, 1.165) is 5.69 Å². The van der Waals surface area contributed by atoms with E-state index >= 15 is 0 Å². The summed E-state index contributed by atoms with van der Waals surface area (Å²) in [7, 11) is 1.63. The standard InChI is InChI=1S/C14H17N5O2/c1-5-7-18-9(3)8-19-10-11(15-13(18)19)16(4)14(21)17(6-2)12(10)20/h5,8H,1,6-7H2,2-4H3. The van der Waals surface area contributed by atoms with Crippen LogP contribution in [0.2, 0.25) is 0 Å². The quantitative estimate of drug-likeness (QED) is 0.665. The summed E-state index contributed by atoms with van der Waals surface area (Å²) in [4.78, 5) is 29.2. The van der Waals surface area contributed by atoms with Crippen molar-refractivity contribution in [3.8, 4) is 0 Å². The number of aromatic nitrogens is 5. The molecule has 0 aliphatic rings. The first-order chi connectivity index (χ1) is 10.0. The number of imidazole rings is 2. The van der Waals surface area contributed by atoms with Gasteiger partial charge in [-0.25, -0.2) is 4.79 Å². The summed E-state index contributed by atoms with van der Waals surface area (Å²) in [6.45, 7) is 8.40. The molecule has 0 bridgehead atoms. The van der Waals surface area contributed by atoms with Crippen LogP contribution >= 0.6 is 0 Å². The summed E-state index contributed by atoms with van der Waals surface area (Å²) < 4.78 is 6.34. The molecule has 21 heavy (non-hydrogen) atoms. The maximum atomic E-state index is 12.5. The molecule has 0 saturated heterocycles. The highest BCUT2D eigenvalue weighted by atomic mass is 16.2. The summed E-state index contributed by atoms with van der Waals surface area (Å²) in [5.41, 5.74) is 1.17. The first-order valence-electron chi connectivity index (χ1n) is 6.79. The molecule has 0 atom stereocenters. The van der Waals surface area contributed by atoms with E-state index in [1.165, 1.54) is 9.13 Å². The van der Waals surface area contributed by atoms with Gasteiger partial charge in [-0.15, -0.1) is 6.58 Å². The van der Waals surface area contributed by atoms with Gasteiger partial charge in [-0.2, -0.15) is 4.98 Å². The van der Waals surface area contributed by atoms with E-state index in [2.05, 4.69) is 11.6 Å². The molecule has 0 amide bonds. The molecule has 0 spiro atoms. The lowest BCUT2D eigenvalue weighted by Gasteiger charge is -2.04. The molecule has 0 aliphatic carbocycles. The zero-order valence-electron chi connectivity index (χ0n) is 12.3. The van der Waals surface area contributed by atoms with Crippen LogP contribution in [0.25, 0.3) is 16.9 Å². The van der Waals surface area contributed by atoms with Crippen LogP contribution in [0.1, 0.15) is 12.6 Å². The van der Waals surface area contributed by atoms with Crippen molar-refractivity contribution in [3.63, 3.8) is 0 Å². The Bertz CT molecular complexity index is 983. The molecule has 3 aromatic heterocycles. The van der Waals surface area contributed by atoms with Gasteiger partial charge in [0, 0.05) is 32.0 Å². The van der Waals surface area contributed by atoms with E-state index in [9.17, 15) is 9.59 Å². The van der Waals surface area contributed by atoms with Gasteiger partial charge in [0.15, 0.2) is 11.2 Å². The lowest BCUT2D eigenvalue weighted by molar-refractivity contribution is 0.637. The number of aryl methyl sites for hydroxylation is 2. The third kappa shape index (κ3) is 1.63. The molecule has 3 heterocycles. The molecule has 0 saturated carbocycles. The van der Waals surface area contributed by atoms with Gasteiger partial charge in [0.2, 0.25) is 5.78 Å². The summed E-state index contributed by atoms with van der Waals surface area (Å²) in [6.07, 6.45) is 3.63. The molecule has 0 aromatic carbocycles. The van der Waals surface area contributed by atoms with Gasteiger partial charge in [-0.1, -0.05) is 6.08 Å². The van der Waals surface area contributed by atoms with Crippen molar-refractivity contribution in [1.82, 2.24) is 23.1 Å². The van der Waals surface area contributed by atoms with Gasteiger partial charge < -0.3 is 4.57 Å². The topological polar surface area (TPSA) is 66.2 Å². The molecule has 0 radical (unpaired) electrons. The van der Waals surface area contributed by atoms with Crippen LogP contribution in [0, 0.1) is 6.92 Å². The van der Waals surface area contributed by atoms with E-state index in [0.29, 0.717) is 30.0 Å². The third-order valence-electron chi connectivity index (χ3n) is 3.77. The second-order valence-corrected chi connectivity index (χ2v) is 5.01. The fourth-order valence-electron chi connectivity index (χ4n) is 2.69. The smallest absolute Gasteiger partial charge is 0.310 e. The normalized spacial score (nSPS) is 11.6. The predicted octanol–water partition coefficient (Wildman–Crippen LogP) is 0.664. The van der Waals surface area contributed by atoms with Crippen molar-refractivity contribution in [2.45, 2.75) is 26.9 Å². The van der Waals surface area contributed by atoms with Crippen LogP contribution in [0.5, 0.6) is 0 Å². The van der Waals surface area contributed by atoms with Crippen molar-refractivity contribution >= 4 is 16.9 Å². The highest BCUT2D eigenvalue weighted by molar-refractivity contribution is 5.75. The van der Waals surface area contributed by atoms with Crippen LogP contribution in [0.4, 0.5) is 0 Å². The zero-order valence-corrected chi connectivity index (χ0v) is 12.3. The largest absolute Gasteiger partial charge is 0.332 e. The molecule has 110 valence electrons. The van der Waals surface area contributed by atoms with Crippen LogP contribution < -0.4 is 11.2 Å². The lowest BCUT2D eigenvalue weighted by Crippen LogP contribution is -2.38. The summed E-state index contributed by atoms with van der Waals surface area (Å²) in [6, 6.07) is 0. The minimum atomic E-state index is -0.345. The summed E-state index contributed by atoms with van der Waals surface area (Å²) >= 11 is 0. The van der Waals surface area contributed by atoms with Crippen molar-refractivity contribution < 1.29 is 0 Å². The minimum Gasteiger partial charge on any atom is -0.310 e. The predicted molar refractivity (Wildman–Crippen MR) is 80.8 cm³/mol. The first kappa shape index (κ1) is 13.4. The van der Waals surface area contributed by atoms with Crippen LogP contribution in [-0.2, 0) is 20.1 Å². The van der Waals surface area contributed by atoms with Gasteiger partial charge in [0.05, 0.1) is 0 Å². The number of rotatable bonds is 3. The molecule has 7 heteroatoms. The fraction of sp³-hybridized carbons (Fsp3) is 0.357. The maximum Gasteiger partial charge on any atom is 0.332 e. The van der Waals surface area contributed by atoms with Crippen molar-refractivity contribution in [2.24, 2.45) is 7.05 Å². The van der Waals surface area contributed by atoms with Crippen LogP contribution in [0.15, 0.2) is 28.4 Å². The Balaban J connectivity index is 2.58. The molecule has 3 aromatic rings. The second-order valence-electron chi connectivity index (χ2n) is 5.01. The molecular weight excluding hydrogens is 270 g/mol. The highest BCUT2D eigenvalue weighted by Gasteiger charge is 2.18. The Morgan fingerprint density at radius 1 is 1.33 bits per heavy atom. The number of allylic oxidation sites excluding steroid dienone is 1. The number of nitrogens with zero attached hydrogens (tertiary/aromatic N) is 5. The van der Waals surface area contributed by atoms with Crippen molar-refractivity contribution in [2.75, 3.05) is 0 Å². The van der Waals surface area contributed by atoms with Gasteiger partial charge in [-0.05, 0) is 13.8 Å². The highest BCUT2D eigenvalue weighted by Crippen LogP contribution is 2.15. The lowest BCUT2D eigenvalue weighted by atomic mass is 10.4. The summed E-state index contributed by atoms with van der Waals surface area (Å²) in [5, 5.41) is 0. The second kappa shape index (κ2) is 4.47. The van der Waals surface area contributed by atoms with Crippen molar-refractivity contribution in [1.29, 1.82) is 0 Å². The molecule has 0 aliphatic heterocycles. The molecule has 3 rings (SSSR count). The molecule has 0 N–H and O–H groups in total. The van der Waals surface area contributed by atoms with E-state index in [4.69, 9.17) is 0 Å². The fourth-order valence-corrected chi connectivity index (χ4v) is 2.69. The molecule has 0 fully saturated rings. The molecular formula is C14H17N5O2. The van der Waals surface area contributed by atoms with Gasteiger partial charge >= 0.3 is 5.69 Å². The SMILES string of the molecule is C=CCn1c(C)cn2c3c(=O)n(CC)c(=O)n(C)c3nc12. The van der Waals surface area contributed by atoms with Crippen LogP contribution in [0.3, 0.4) is 0 Å². The number of hydrogen-bond acceptors (Lipinski definition) is 3. The Hall–Kier alpha value is -2.57. The molecule has 7 nitrogen and oxygen atoms in total. The average molecular weight is 287 g/mol. The Morgan fingerprint density at radius 2 is 2.05 bits per heavy atom. The van der Waals surface area contributed by atoms with Gasteiger partial charge in [0.1, 0.15) is 0 Å². The Morgan fingerprint density at radius 3 is 2.67 bits per heavy atom. The molecule has 0 unspecified atom stereocenters. The first-order valence-corrected chi connectivity index (χ1v) is 6.79. The van der Waals surface area contributed by atoms with E-state index < -0.39 is 0 Å². The van der Waals surface area contributed by atoms with E-state index in [1.54, 1.807) is 24.4 Å². The minimum absolute atomic E-state index is 0.307. The van der Waals surface area contributed by atoms with Gasteiger partial charge in [-0.3, -0.25) is 18.3 Å². The zero-order chi connectivity index (χ0) is 15.3. The van der Waals surface area contributed by atoms with Crippen LogP contribution in [-0.4, -0.2) is 23.1 Å². The summed E-state index contributed by atoms with van der Waals surface area (Å²) in [5.74, 6) is 0.642. The van der Waals surface area contributed by atoms with E-state index in [-0.39, 0.29) is 11.2 Å². The number of fused-ring (bicyclic) bond motifs is 3. The Labute approximate surface area is 120 Å². The van der Waals surface area contributed by atoms with Crippen molar-refractivity contribution in [3.05, 3.63) is 45.4 Å². The van der Waals surface area contributed by atoms with Gasteiger partial charge in [0.25, 0.3) is 5.56 Å². The Kier molecular flexibility index (Phi) is 2.86. The average Bonchev–Trinajstić information content (AvgIpc) is 2.95. The maximum absolute atomic E-state index is 12.5.